The summed E-state index contributed by atoms with van der Waals surface area (Å²) in [6.45, 7) is 0. The molecule has 7 heteroatoms. The zero-order valence-electron chi connectivity index (χ0n) is 13.2. The van der Waals surface area contributed by atoms with Crippen molar-refractivity contribution in [3.05, 3.63) is 60.7 Å². The number of hydrogen-bond acceptors (Lipinski definition) is 4. The summed E-state index contributed by atoms with van der Waals surface area (Å²) < 4.78 is 24.1. The molecule has 2 aromatic carbocycles. The zero-order chi connectivity index (χ0) is 17.6. The van der Waals surface area contributed by atoms with E-state index >= 15 is 0 Å². The molecule has 0 radical (unpaired) electrons. The third-order valence-corrected chi connectivity index (χ3v) is 4.66. The molecule has 0 saturated carbocycles. The molecule has 126 valence electrons. The van der Waals surface area contributed by atoms with E-state index in [1.807, 2.05) is 0 Å². The van der Waals surface area contributed by atoms with E-state index in [0.717, 1.165) is 0 Å². The molecule has 0 aliphatic carbocycles. The monoisotopic (exact) mass is 346 g/mol. The molecular weight excluding hydrogens is 328 g/mol. The van der Waals surface area contributed by atoms with E-state index < -0.39 is 33.2 Å². The average Bonchev–Trinajstić information content (AvgIpc) is 2.54. The highest BCUT2D eigenvalue weighted by molar-refractivity contribution is 7.92. The Kier molecular flexibility index (Phi) is 5.70. The van der Waals surface area contributed by atoms with Crippen LogP contribution in [-0.2, 0) is 19.4 Å². The van der Waals surface area contributed by atoms with Crippen molar-refractivity contribution < 1.29 is 18.0 Å². The van der Waals surface area contributed by atoms with Crippen molar-refractivity contribution >= 4 is 33.0 Å². The molecule has 0 aromatic heterocycles. The summed E-state index contributed by atoms with van der Waals surface area (Å²) in [5, 5.41) is 2.49. The van der Waals surface area contributed by atoms with Crippen molar-refractivity contribution in [1.82, 2.24) is 0 Å². The summed E-state index contributed by atoms with van der Waals surface area (Å²) in [7, 11) is -2.36. The van der Waals surface area contributed by atoms with Gasteiger partial charge < -0.3 is 10.2 Å². The van der Waals surface area contributed by atoms with Crippen LogP contribution < -0.4 is 10.2 Å². The Bertz CT molecular complexity index is 805. The van der Waals surface area contributed by atoms with Gasteiger partial charge in [0.15, 0.2) is 9.84 Å². The normalized spacial score (nSPS) is 10.9. The maximum absolute atomic E-state index is 12.1. The summed E-state index contributed by atoms with van der Waals surface area (Å²) in [4.78, 5) is 25.2. The van der Waals surface area contributed by atoms with Gasteiger partial charge in [-0.3, -0.25) is 9.59 Å². The average molecular weight is 346 g/mol. The standard InChI is InChI=1S/C17H18N2O4S/c1-19(15-10-6-3-7-11-15)17(21)13-24(22,23)12-16(20)18-14-8-4-2-5-9-14/h2-11H,12-13H2,1H3,(H,18,20). The van der Waals surface area contributed by atoms with Crippen LogP contribution in [0, 0.1) is 0 Å². The van der Waals surface area contributed by atoms with E-state index in [1.54, 1.807) is 60.7 Å². The van der Waals surface area contributed by atoms with Crippen molar-refractivity contribution in [3.63, 3.8) is 0 Å². The van der Waals surface area contributed by atoms with Crippen molar-refractivity contribution in [2.24, 2.45) is 0 Å². The number of carbonyl (C=O) groups is 2. The number of benzene rings is 2. The molecular formula is C17H18N2O4S. The zero-order valence-corrected chi connectivity index (χ0v) is 14.0. The Morgan fingerprint density at radius 3 is 2.04 bits per heavy atom. The molecule has 0 bridgehead atoms. The molecule has 0 aliphatic rings. The van der Waals surface area contributed by atoms with E-state index in [0.29, 0.717) is 11.4 Å². The highest BCUT2D eigenvalue weighted by Gasteiger charge is 2.23. The van der Waals surface area contributed by atoms with Gasteiger partial charge in [0.1, 0.15) is 11.5 Å². The van der Waals surface area contributed by atoms with Gasteiger partial charge in [0.05, 0.1) is 0 Å². The third kappa shape index (κ3) is 5.20. The number of carbonyl (C=O) groups excluding carboxylic acids is 2. The maximum atomic E-state index is 12.1. The molecule has 0 heterocycles. The SMILES string of the molecule is CN(C(=O)CS(=O)(=O)CC(=O)Nc1ccccc1)c1ccccc1. The lowest BCUT2D eigenvalue weighted by Crippen LogP contribution is -2.35. The minimum absolute atomic E-state index is 0.505. The number of hydrogen-bond donors (Lipinski definition) is 1. The van der Waals surface area contributed by atoms with Crippen LogP contribution in [0.2, 0.25) is 0 Å². The number of rotatable bonds is 6. The Balaban J connectivity index is 1.95. The third-order valence-electron chi connectivity index (χ3n) is 3.27. The van der Waals surface area contributed by atoms with Crippen molar-refractivity contribution in [1.29, 1.82) is 0 Å². The van der Waals surface area contributed by atoms with Crippen molar-refractivity contribution in [2.45, 2.75) is 0 Å². The molecule has 24 heavy (non-hydrogen) atoms. The fourth-order valence-corrected chi connectivity index (χ4v) is 3.19. The Morgan fingerprint density at radius 1 is 0.917 bits per heavy atom. The first-order valence-corrected chi connectivity index (χ1v) is 9.06. The number of sulfone groups is 1. The minimum atomic E-state index is -3.86. The predicted molar refractivity (Wildman–Crippen MR) is 93.6 cm³/mol. The summed E-state index contributed by atoms with van der Waals surface area (Å²) in [5.74, 6) is -2.72. The second-order valence-electron chi connectivity index (χ2n) is 5.23. The molecule has 0 atom stereocenters. The smallest absolute Gasteiger partial charge is 0.241 e. The van der Waals surface area contributed by atoms with Gasteiger partial charge in [-0.1, -0.05) is 36.4 Å². The highest BCUT2D eigenvalue weighted by atomic mass is 32.2. The van der Waals surface area contributed by atoms with Gasteiger partial charge in [-0.05, 0) is 24.3 Å². The second kappa shape index (κ2) is 7.74. The quantitative estimate of drug-likeness (QED) is 0.863. The first-order chi connectivity index (χ1) is 11.4. The van der Waals surface area contributed by atoms with Gasteiger partial charge in [-0.15, -0.1) is 0 Å². The van der Waals surface area contributed by atoms with Crippen LogP contribution >= 0.6 is 0 Å². The first kappa shape index (κ1) is 17.7. The number of para-hydroxylation sites is 2. The van der Waals surface area contributed by atoms with Crippen molar-refractivity contribution in [3.8, 4) is 0 Å². The van der Waals surface area contributed by atoms with Gasteiger partial charge in [0, 0.05) is 18.4 Å². The van der Waals surface area contributed by atoms with Gasteiger partial charge in [0.25, 0.3) is 0 Å². The summed E-state index contributed by atoms with van der Waals surface area (Å²) in [6.07, 6.45) is 0. The largest absolute Gasteiger partial charge is 0.325 e. The summed E-state index contributed by atoms with van der Waals surface area (Å²) in [5.41, 5.74) is 1.09. The first-order valence-electron chi connectivity index (χ1n) is 7.24. The van der Waals surface area contributed by atoms with Crippen LogP contribution in [-0.4, -0.2) is 38.8 Å². The van der Waals surface area contributed by atoms with E-state index in [-0.39, 0.29) is 0 Å². The number of nitrogens with zero attached hydrogens (tertiary/aromatic N) is 1. The molecule has 0 unspecified atom stereocenters. The highest BCUT2D eigenvalue weighted by Crippen LogP contribution is 2.12. The van der Waals surface area contributed by atoms with Crippen LogP contribution in [0.5, 0.6) is 0 Å². The van der Waals surface area contributed by atoms with E-state index in [9.17, 15) is 18.0 Å². The topological polar surface area (TPSA) is 83.6 Å². The van der Waals surface area contributed by atoms with Crippen LogP contribution in [0.3, 0.4) is 0 Å². The van der Waals surface area contributed by atoms with Crippen molar-refractivity contribution in [2.75, 3.05) is 28.8 Å². The fraction of sp³-hybridized carbons (Fsp3) is 0.176. The van der Waals surface area contributed by atoms with Gasteiger partial charge in [0.2, 0.25) is 11.8 Å². The lowest BCUT2D eigenvalue weighted by Gasteiger charge is -2.17. The number of amides is 2. The Hall–Kier alpha value is -2.67. The van der Waals surface area contributed by atoms with Crippen LogP contribution in [0.25, 0.3) is 0 Å². The molecule has 0 saturated heterocycles. The molecule has 0 spiro atoms. The number of anilines is 2. The van der Waals surface area contributed by atoms with E-state index in [2.05, 4.69) is 5.32 Å². The minimum Gasteiger partial charge on any atom is -0.325 e. The molecule has 2 amide bonds. The Morgan fingerprint density at radius 2 is 1.46 bits per heavy atom. The molecule has 6 nitrogen and oxygen atoms in total. The van der Waals surface area contributed by atoms with Gasteiger partial charge in [-0.25, -0.2) is 8.42 Å². The van der Waals surface area contributed by atoms with E-state index in [1.165, 1.54) is 11.9 Å². The lowest BCUT2D eigenvalue weighted by atomic mass is 10.3. The summed E-state index contributed by atoms with van der Waals surface area (Å²) in [6, 6.07) is 17.2. The summed E-state index contributed by atoms with van der Waals surface area (Å²) >= 11 is 0. The molecule has 2 aromatic rings. The van der Waals surface area contributed by atoms with Gasteiger partial charge >= 0.3 is 0 Å². The second-order valence-corrected chi connectivity index (χ2v) is 7.30. The molecule has 0 aliphatic heterocycles. The van der Waals surface area contributed by atoms with Gasteiger partial charge in [-0.2, -0.15) is 0 Å². The lowest BCUT2D eigenvalue weighted by molar-refractivity contribution is -0.116. The van der Waals surface area contributed by atoms with E-state index in [4.69, 9.17) is 0 Å². The van der Waals surface area contributed by atoms with Crippen LogP contribution in [0.15, 0.2) is 60.7 Å². The Labute approximate surface area is 141 Å². The maximum Gasteiger partial charge on any atom is 0.241 e. The molecule has 2 rings (SSSR count). The molecule has 1 N–H and O–H groups in total. The van der Waals surface area contributed by atoms with Crippen LogP contribution in [0.4, 0.5) is 11.4 Å². The predicted octanol–water partition coefficient (Wildman–Crippen LogP) is 1.70. The van der Waals surface area contributed by atoms with Crippen LogP contribution in [0.1, 0.15) is 0 Å². The molecule has 0 fully saturated rings. The fourth-order valence-electron chi connectivity index (χ4n) is 2.05. The number of nitrogens with one attached hydrogen (secondary N) is 1.